The molecule has 39 heavy (non-hydrogen) atoms. The summed E-state index contributed by atoms with van der Waals surface area (Å²) in [5.41, 5.74) is 3.94. The topological polar surface area (TPSA) is 178 Å². The first-order chi connectivity index (χ1) is 18.3. The maximum atomic E-state index is 13.8. The molecule has 202 valence electrons. The van der Waals surface area contributed by atoms with E-state index in [2.05, 4.69) is 0 Å². The van der Waals surface area contributed by atoms with Crippen molar-refractivity contribution in [2.24, 2.45) is 17.6 Å². The summed E-state index contributed by atoms with van der Waals surface area (Å²) in [5, 5.41) is 44.6. The van der Waals surface area contributed by atoms with Crippen LogP contribution in [0.1, 0.15) is 39.6 Å². The van der Waals surface area contributed by atoms with Gasteiger partial charge in [0.2, 0.25) is 5.78 Å². The third-order valence-electron chi connectivity index (χ3n) is 8.21. The second kappa shape index (κ2) is 8.89. The Morgan fingerprint density at radius 2 is 1.67 bits per heavy atom. The van der Waals surface area contributed by atoms with Crippen molar-refractivity contribution in [2.75, 3.05) is 14.1 Å². The molecule has 10 heteroatoms. The molecule has 2 aromatic carbocycles. The standard InChI is InChI=1S/C29H28N2O8/c1-12(32)13-4-6-14(7-5-13)16-8-9-19(33)21-17(16)10-15-11-18-23(31(2)3)25(35)22(28(30)38)27(37)29(18,39)26(36)20(15)24(21)34/h4-9,15,18,23,33,35-36,39H,10-11H2,1-3H3,(H2,30,38)/t15-,18+,23+,29+/m1/s1. The Bertz CT molecular complexity index is 1540. The number of primary amides is 1. The van der Waals surface area contributed by atoms with Gasteiger partial charge in [0.05, 0.1) is 11.6 Å². The number of rotatable bonds is 4. The van der Waals surface area contributed by atoms with Gasteiger partial charge < -0.3 is 26.2 Å². The molecule has 3 aliphatic rings. The average Bonchev–Trinajstić information content (AvgIpc) is 2.86. The molecule has 0 spiro atoms. The Kier molecular flexibility index (Phi) is 6.00. The SMILES string of the molecule is CC(=O)c1ccc(-c2ccc(O)c3c2C[C@@H]2C[C@H]4[C@H](N(C)C)C(O)=C(C(N)=O)C(=O)[C@@]4(O)C(O)=C2C3=O)cc1. The number of nitrogens with two attached hydrogens (primary N) is 1. The maximum Gasteiger partial charge on any atom is 0.255 e. The number of Topliss-reactive ketones (excluding diaryl/α,β-unsaturated/α-hetero) is 3. The van der Waals surface area contributed by atoms with Gasteiger partial charge in [0, 0.05) is 17.1 Å². The Hall–Kier alpha value is -4.28. The summed E-state index contributed by atoms with van der Waals surface area (Å²) >= 11 is 0. The maximum absolute atomic E-state index is 13.8. The third-order valence-corrected chi connectivity index (χ3v) is 8.21. The smallest absolute Gasteiger partial charge is 0.255 e. The normalized spacial score (nSPS) is 26.3. The van der Waals surface area contributed by atoms with Crippen LogP contribution < -0.4 is 5.73 Å². The Morgan fingerprint density at radius 3 is 2.23 bits per heavy atom. The molecule has 0 saturated heterocycles. The van der Waals surface area contributed by atoms with Crippen LogP contribution in [-0.4, -0.2) is 74.3 Å². The summed E-state index contributed by atoms with van der Waals surface area (Å²) in [6.07, 6.45) is 0.177. The van der Waals surface area contributed by atoms with Gasteiger partial charge in [-0.2, -0.15) is 0 Å². The molecule has 0 heterocycles. The summed E-state index contributed by atoms with van der Waals surface area (Å²) in [5.74, 6) is -7.02. The summed E-state index contributed by atoms with van der Waals surface area (Å²) in [6.45, 7) is 1.46. The van der Waals surface area contributed by atoms with Crippen LogP contribution in [-0.2, 0) is 16.0 Å². The van der Waals surface area contributed by atoms with Crippen molar-refractivity contribution in [1.29, 1.82) is 0 Å². The number of aliphatic hydroxyl groups excluding tert-OH is 2. The van der Waals surface area contributed by atoms with Gasteiger partial charge in [0.15, 0.2) is 17.2 Å². The van der Waals surface area contributed by atoms with Gasteiger partial charge in [-0.1, -0.05) is 30.3 Å². The minimum Gasteiger partial charge on any atom is -0.510 e. The van der Waals surface area contributed by atoms with Crippen LogP contribution in [0.4, 0.5) is 0 Å². The molecule has 0 radical (unpaired) electrons. The van der Waals surface area contributed by atoms with Crippen LogP contribution in [0.25, 0.3) is 11.1 Å². The summed E-state index contributed by atoms with van der Waals surface area (Å²) < 4.78 is 0. The van der Waals surface area contributed by atoms with Crippen molar-refractivity contribution < 1.29 is 39.6 Å². The first-order valence-electron chi connectivity index (χ1n) is 12.4. The summed E-state index contributed by atoms with van der Waals surface area (Å²) in [7, 11) is 3.16. The molecule has 10 nitrogen and oxygen atoms in total. The molecule has 5 rings (SSSR count). The van der Waals surface area contributed by atoms with Gasteiger partial charge in [0.1, 0.15) is 22.8 Å². The number of fused-ring (bicyclic) bond motifs is 3. The lowest BCUT2D eigenvalue weighted by molar-refractivity contribution is -0.148. The third kappa shape index (κ3) is 3.63. The van der Waals surface area contributed by atoms with Gasteiger partial charge >= 0.3 is 0 Å². The van der Waals surface area contributed by atoms with Gasteiger partial charge in [-0.25, -0.2) is 0 Å². The molecule has 0 aromatic heterocycles. The molecule has 0 aliphatic heterocycles. The number of likely N-dealkylation sites (N-methyl/N-ethyl adjacent to an activating group) is 1. The summed E-state index contributed by atoms with van der Waals surface area (Å²) in [4.78, 5) is 52.5. The molecular formula is C29H28N2O8. The van der Waals surface area contributed by atoms with E-state index in [1.54, 1.807) is 44.4 Å². The first kappa shape index (κ1) is 26.3. The van der Waals surface area contributed by atoms with Crippen LogP contribution >= 0.6 is 0 Å². The number of phenolic OH excluding ortho intramolecular Hbond substituents is 1. The molecule has 0 unspecified atom stereocenters. The van der Waals surface area contributed by atoms with E-state index in [0.717, 1.165) is 0 Å². The highest BCUT2D eigenvalue weighted by molar-refractivity contribution is 6.25. The van der Waals surface area contributed by atoms with Crippen molar-refractivity contribution >= 4 is 23.3 Å². The number of aromatic hydroxyl groups is 1. The Balaban J connectivity index is 1.70. The number of nitrogens with zero attached hydrogens (tertiary/aromatic N) is 1. The van der Waals surface area contributed by atoms with E-state index >= 15 is 0 Å². The molecule has 1 amide bonds. The van der Waals surface area contributed by atoms with Crippen molar-refractivity contribution in [1.82, 2.24) is 4.90 Å². The lowest BCUT2D eigenvalue weighted by Gasteiger charge is -2.50. The quantitative estimate of drug-likeness (QED) is 0.291. The molecule has 0 fully saturated rings. The zero-order valence-electron chi connectivity index (χ0n) is 21.6. The van der Waals surface area contributed by atoms with Crippen LogP contribution in [0.15, 0.2) is 59.1 Å². The number of hydrogen-bond acceptors (Lipinski definition) is 9. The van der Waals surface area contributed by atoms with Gasteiger partial charge in [-0.3, -0.25) is 24.1 Å². The van der Waals surface area contributed by atoms with Crippen LogP contribution in [0.5, 0.6) is 5.75 Å². The van der Waals surface area contributed by atoms with E-state index in [-0.39, 0.29) is 35.5 Å². The molecule has 4 atom stereocenters. The van der Waals surface area contributed by atoms with Crippen LogP contribution in [0.3, 0.4) is 0 Å². The fourth-order valence-electron chi connectivity index (χ4n) is 6.41. The van der Waals surface area contributed by atoms with Gasteiger partial charge in [-0.15, -0.1) is 0 Å². The molecule has 0 saturated carbocycles. The van der Waals surface area contributed by atoms with E-state index in [1.165, 1.54) is 17.9 Å². The van der Waals surface area contributed by atoms with Crippen molar-refractivity contribution in [3.63, 3.8) is 0 Å². The number of carbonyl (C=O) groups is 4. The van der Waals surface area contributed by atoms with Gasteiger partial charge in [0.25, 0.3) is 5.91 Å². The number of amides is 1. The highest BCUT2D eigenvalue weighted by Gasteiger charge is 2.63. The van der Waals surface area contributed by atoms with E-state index in [1.807, 2.05) is 0 Å². The Morgan fingerprint density at radius 1 is 1.03 bits per heavy atom. The average molecular weight is 533 g/mol. The second-order valence-electron chi connectivity index (χ2n) is 10.6. The zero-order valence-corrected chi connectivity index (χ0v) is 21.6. The monoisotopic (exact) mass is 532 g/mol. The highest BCUT2D eigenvalue weighted by atomic mass is 16.3. The predicted octanol–water partition coefficient (Wildman–Crippen LogP) is 1.99. The number of allylic oxidation sites excluding steroid dienone is 1. The second-order valence-corrected chi connectivity index (χ2v) is 10.6. The minimum atomic E-state index is -2.68. The predicted molar refractivity (Wildman–Crippen MR) is 139 cm³/mol. The van der Waals surface area contributed by atoms with Crippen LogP contribution in [0, 0.1) is 11.8 Å². The lowest BCUT2D eigenvalue weighted by atomic mass is 9.58. The first-order valence-corrected chi connectivity index (χ1v) is 12.4. The molecule has 3 aliphatic carbocycles. The molecule has 2 aromatic rings. The number of benzene rings is 2. The van der Waals surface area contributed by atoms with Crippen LogP contribution in [0.2, 0.25) is 0 Å². The van der Waals surface area contributed by atoms with Crippen molar-refractivity contribution in [3.05, 3.63) is 75.8 Å². The van der Waals surface area contributed by atoms with E-state index in [4.69, 9.17) is 5.73 Å². The number of phenols is 1. The molecular weight excluding hydrogens is 504 g/mol. The van der Waals surface area contributed by atoms with E-state index in [0.29, 0.717) is 22.3 Å². The number of aliphatic hydroxyl groups is 3. The minimum absolute atomic E-state index is 0.00410. The molecule has 0 bridgehead atoms. The number of ketones is 3. The largest absolute Gasteiger partial charge is 0.510 e. The highest BCUT2D eigenvalue weighted by Crippen LogP contribution is 2.53. The summed E-state index contributed by atoms with van der Waals surface area (Å²) in [6, 6.07) is 8.78. The fourth-order valence-corrected chi connectivity index (χ4v) is 6.41. The van der Waals surface area contributed by atoms with E-state index < -0.39 is 58.0 Å². The lowest BCUT2D eigenvalue weighted by Crippen LogP contribution is -2.63. The fraction of sp³-hybridized carbons (Fsp3) is 0.310. The number of hydrogen-bond donors (Lipinski definition) is 5. The van der Waals surface area contributed by atoms with Crippen molar-refractivity contribution in [2.45, 2.75) is 31.4 Å². The van der Waals surface area contributed by atoms with E-state index in [9.17, 15) is 39.6 Å². The van der Waals surface area contributed by atoms with Crippen molar-refractivity contribution in [3.8, 4) is 16.9 Å². The molecule has 6 N–H and O–H groups in total. The number of carbonyl (C=O) groups excluding carboxylic acids is 4. The van der Waals surface area contributed by atoms with Gasteiger partial charge in [-0.05, 0) is 62.5 Å². The zero-order chi connectivity index (χ0) is 28.5. The Labute approximate surface area is 223 Å².